The zero-order valence-corrected chi connectivity index (χ0v) is 12.0. The average molecular weight is 277 g/mol. The molecule has 2 unspecified atom stereocenters. The second-order valence-corrected chi connectivity index (χ2v) is 6.04. The van der Waals surface area contributed by atoms with Crippen LogP contribution in [-0.2, 0) is 11.2 Å². The topological polar surface area (TPSA) is 68.0 Å². The third kappa shape index (κ3) is 4.01. The zero-order chi connectivity index (χ0) is 13.8. The van der Waals surface area contributed by atoms with Gasteiger partial charge < -0.3 is 11.1 Å². The number of aromatic nitrogens is 1. The normalized spacial score (nSPS) is 14.3. The smallest absolute Gasteiger partial charge is 0.221 e. The van der Waals surface area contributed by atoms with Crippen molar-refractivity contribution in [3.8, 4) is 0 Å². The van der Waals surface area contributed by atoms with Crippen molar-refractivity contribution in [2.75, 3.05) is 0 Å². The van der Waals surface area contributed by atoms with Crippen LogP contribution in [-0.4, -0.2) is 23.0 Å². The van der Waals surface area contributed by atoms with E-state index in [4.69, 9.17) is 5.73 Å². The fraction of sp³-hybridized carbons (Fsp3) is 0.429. The highest BCUT2D eigenvalue weighted by Gasteiger charge is 2.12. The van der Waals surface area contributed by atoms with Crippen LogP contribution in [0.15, 0.2) is 24.3 Å². The molecule has 2 atom stereocenters. The van der Waals surface area contributed by atoms with E-state index < -0.39 is 0 Å². The number of carbonyl (C=O) groups excluding carboxylic acids is 1. The largest absolute Gasteiger partial charge is 0.353 e. The summed E-state index contributed by atoms with van der Waals surface area (Å²) < 4.78 is 1.19. The van der Waals surface area contributed by atoms with Gasteiger partial charge in [0.2, 0.25) is 5.91 Å². The van der Waals surface area contributed by atoms with Crippen molar-refractivity contribution in [1.29, 1.82) is 0 Å². The number of nitrogens with two attached hydrogens (primary N) is 1. The molecule has 1 heterocycles. The molecule has 0 saturated heterocycles. The Hall–Kier alpha value is -1.46. The van der Waals surface area contributed by atoms with E-state index in [1.165, 1.54) is 4.70 Å². The van der Waals surface area contributed by atoms with E-state index in [2.05, 4.69) is 16.4 Å². The van der Waals surface area contributed by atoms with Gasteiger partial charge in [-0.1, -0.05) is 12.1 Å². The summed E-state index contributed by atoms with van der Waals surface area (Å²) in [7, 11) is 0. The summed E-state index contributed by atoms with van der Waals surface area (Å²) in [4.78, 5) is 16.2. The highest BCUT2D eigenvalue weighted by atomic mass is 32.1. The van der Waals surface area contributed by atoms with Crippen molar-refractivity contribution < 1.29 is 4.79 Å². The summed E-state index contributed by atoms with van der Waals surface area (Å²) in [5, 5.41) is 4.00. The van der Waals surface area contributed by atoms with Gasteiger partial charge in [-0.3, -0.25) is 4.79 Å². The van der Waals surface area contributed by atoms with Crippen LogP contribution in [0.1, 0.15) is 25.3 Å². The van der Waals surface area contributed by atoms with Crippen LogP contribution in [0.2, 0.25) is 0 Å². The zero-order valence-electron chi connectivity index (χ0n) is 11.2. The third-order valence-corrected chi connectivity index (χ3v) is 3.79. The predicted molar refractivity (Wildman–Crippen MR) is 79.2 cm³/mol. The van der Waals surface area contributed by atoms with E-state index >= 15 is 0 Å². The first kappa shape index (κ1) is 14.0. The van der Waals surface area contributed by atoms with Gasteiger partial charge in [0, 0.05) is 24.9 Å². The van der Waals surface area contributed by atoms with Crippen molar-refractivity contribution in [3.63, 3.8) is 0 Å². The Labute approximate surface area is 117 Å². The molecule has 1 aromatic carbocycles. The van der Waals surface area contributed by atoms with Gasteiger partial charge in [-0.05, 0) is 26.0 Å². The molecule has 0 fully saturated rings. The van der Waals surface area contributed by atoms with Crippen LogP contribution in [0, 0.1) is 0 Å². The molecule has 2 aromatic rings. The number of rotatable bonds is 5. The van der Waals surface area contributed by atoms with E-state index in [1.807, 2.05) is 32.0 Å². The van der Waals surface area contributed by atoms with E-state index in [1.54, 1.807) is 11.3 Å². The maximum Gasteiger partial charge on any atom is 0.221 e. The van der Waals surface area contributed by atoms with Gasteiger partial charge in [0.15, 0.2) is 0 Å². The lowest BCUT2D eigenvalue weighted by molar-refractivity contribution is -0.121. The standard InChI is InChI=1S/C14H19N3OS/c1-9(15)7-13(18)16-10(2)8-14-17-11-5-3-4-6-12(11)19-14/h3-6,9-10H,7-8,15H2,1-2H3,(H,16,18). The number of amides is 1. The minimum absolute atomic E-state index is 0.00334. The minimum atomic E-state index is -0.102. The Bertz CT molecular complexity index is 532. The highest BCUT2D eigenvalue weighted by molar-refractivity contribution is 7.18. The molecule has 5 heteroatoms. The van der Waals surface area contributed by atoms with Crippen LogP contribution >= 0.6 is 11.3 Å². The summed E-state index contributed by atoms with van der Waals surface area (Å²) in [6.45, 7) is 3.82. The second-order valence-electron chi connectivity index (χ2n) is 4.93. The molecule has 19 heavy (non-hydrogen) atoms. The van der Waals surface area contributed by atoms with Gasteiger partial charge in [-0.2, -0.15) is 0 Å². The Balaban J connectivity index is 1.94. The average Bonchev–Trinajstić information content (AvgIpc) is 2.68. The lowest BCUT2D eigenvalue weighted by Crippen LogP contribution is -2.37. The molecule has 0 saturated carbocycles. The SMILES string of the molecule is CC(N)CC(=O)NC(C)Cc1nc2ccccc2s1. The number of thiazole rings is 1. The number of nitrogens with zero attached hydrogens (tertiary/aromatic N) is 1. The fourth-order valence-electron chi connectivity index (χ4n) is 1.95. The number of para-hydroxylation sites is 1. The molecule has 0 aliphatic heterocycles. The second kappa shape index (κ2) is 6.12. The van der Waals surface area contributed by atoms with Crippen LogP contribution in [0.5, 0.6) is 0 Å². The first-order chi connectivity index (χ1) is 9.04. The van der Waals surface area contributed by atoms with E-state index in [0.717, 1.165) is 16.9 Å². The quantitative estimate of drug-likeness (QED) is 0.879. The molecule has 0 bridgehead atoms. The van der Waals surface area contributed by atoms with Crippen molar-refractivity contribution in [2.24, 2.45) is 5.73 Å². The molecular weight excluding hydrogens is 258 g/mol. The number of hydrogen-bond acceptors (Lipinski definition) is 4. The van der Waals surface area contributed by atoms with Gasteiger partial charge in [0.1, 0.15) is 0 Å². The molecule has 3 N–H and O–H groups in total. The molecule has 4 nitrogen and oxygen atoms in total. The highest BCUT2D eigenvalue weighted by Crippen LogP contribution is 2.22. The number of nitrogens with one attached hydrogen (secondary N) is 1. The van der Waals surface area contributed by atoms with Crippen LogP contribution < -0.4 is 11.1 Å². The first-order valence-electron chi connectivity index (χ1n) is 6.44. The number of hydrogen-bond donors (Lipinski definition) is 2. The molecule has 0 spiro atoms. The van der Waals surface area contributed by atoms with Gasteiger partial charge in [-0.15, -0.1) is 11.3 Å². The minimum Gasteiger partial charge on any atom is -0.353 e. The van der Waals surface area contributed by atoms with E-state index in [0.29, 0.717) is 6.42 Å². The maximum atomic E-state index is 11.6. The summed E-state index contributed by atoms with van der Waals surface area (Å²) >= 11 is 1.68. The lowest BCUT2D eigenvalue weighted by Gasteiger charge is -2.13. The Kier molecular flexibility index (Phi) is 4.50. The lowest BCUT2D eigenvalue weighted by atomic mass is 10.2. The van der Waals surface area contributed by atoms with Crippen molar-refractivity contribution in [3.05, 3.63) is 29.3 Å². The molecule has 1 aromatic heterocycles. The van der Waals surface area contributed by atoms with Crippen molar-refractivity contribution in [2.45, 2.75) is 38.8 Å². The molecule has 0 radical (unpaired) electrons. The van der Waals surface area contributed by atoms with Crippen LogP contribution in [0.25, 0.3) is 10.2 Å². The van der Waals surface area contributed by atoms with E-state index in [9.17, 15) is 4.79 Å². The van der Waals surface area contributed by atoms with Gasteiger partial charge >= 0.3 is 0 Å². The number of carbonyl (C=O) groups is 1. The molecule has 0 aliphatic rings. The summed E-state index contributed by atoms with van der Waals surface area (Å²) in [5.74, 6) is 0.00334. The summed E-state index contributed by atoms with van der Waals surface area (Å²) in [5.41, 5.74) is 6.63. The van der Waals surface area contributed by atoms with E-state index in [-0.39, 0.29) is 18.0 Å². The number of benzene rings is 1. The van der Waals surface area contributed by atoms with Crippen LogP contribution in [0.3, 0.4) is 0 Å². The summed E-state index contributed by atoms with van der Waals surface area (Å²) in [6.07, 6.45) is 1.12. The molecule has 1 amide bonds. The Morgan fingerprint density at radius 1 is 1.42 bits per heavy atom. The Morgan fingerprint density at radius 3 is 2.84 bits per heavy atom. The number of fused-ring (bicyclic) bond motifs is 1. The predicted octanol–water partition coefficient (Wildman–Crippen LogP) is 2.08. The molecular formula is C14H19N3OS. The van der Waals surface area contributed by atoms with Crippen molar-refractivity contribution >= 4 is 27.5 Å². The van der Waals surface area contributed by atoms with Crippen LogP contribution in [0.4, 0.5) is 0 Å². The molecule has 0 aliphatic carbocycles. The van der Waals surface area contributed by atoms with Gasteiger partial charge in [0.05, 0.1) is 15.2 Å². The summed E-state index contributed by atoms with van der Waals surface area (Å²) in [6, 6.07) is 8.05. The van der Waals surface area contributed by atoms with Gasteiger partial charge in [-0.25, -0.2) is 4.98 Å². The third-order valence-electron chi connectivity index (χ3n) is 2.73. The molecule has 102 valence electrons. The Morgan fingerprint density at radius 2 is 2.16 bits per heavy atom. The monoisotopic (exact) mass is 277 g/mol. The van der Waals surface area contributed by atoms with Crippen molar-refractivity contribution in [1.82, 2.24) is 10.3 Å². The molecule has 2 rings (SSSR count). The van der Waals surface area contributed by atoms with Gasteiger partial charge in [0.25, 0.3) is 0 Å². The first-order valence-corrected chi connectivity index (χ1v) is 7.25. The maximum absolute atomic E-state index is 11.6. The fourth-order valence-corrected chi connectivity index (χ4v) is 3.04.